The molecule has 5 nitrogen and oxygen atoms in total. The van der Waals surface area contributed by atoms with E-state index < -0.39 is 6.10 Å². The second kappa shape index (κ2) is 7.13. The zero-order valence-electron chi connectivity index (χ0n) is 12.2. The Kier molecular flexibility index (Phi) is 5.45. The van der Waals surface area contributed by atoms with E-state index in [1.807, 2.05) is 0 Å². The van der Waals surface area contributed by atoms with Gasteiger partial charge in [-0.15, -0.1) is 0 Å². The fourth-order valence-corrected chi connectivity index (χ4v) is 2.19. The normalized spacial score (nSPS) is 12.2. The van der Waals surface area contributed by atoms with Gasteiger partial charge >= 0.3 is 0 Å². The number of nitrogens with zero attached hydrogens (tertiary/aromatic N) is 2. The highest BCUT2D eigenvalue weighted by molar-refractivity contribution is 6.34. The largest absolute Gasteiger partial charge is 0.489 e. The molecular formula is C15H16Cl2N2O3. The molecular weight excluding hydrogens is 327 g/mol. The molecule has 0 spiro atoms. The van der Waals surface area contributed by atoms with E-state index in [4.69, 9.17) is 27.9 Å². The van der Waals surface area contributed by atoms with Gasteiger partial charge in [-0.05, 0) is 26.0 Å². The van der Waals surface area contributed by atoms with Gasteiger partial charge in [0.1, 0.15) is 18.5 Å². The van der Waals surface area contributed by atoms with Crippen LogP contribution in [0.25, 0.3) is 0 Å². The molecule has 118 valence electrons. The lowest BCUT2D eigenvalue weighted by atomic mass is 10.2. The van der Waals surface area contributed by atoms with Gasteiger partial charge in [-0.2, -0.15) is 0 Å². The lowest BCUT2D eigenvalue weighted by Gasteiger charge is -2.15. The molecule has 1 aromatic heterocycles. The van der Waals surface area contributed by atoms with Gasteiger partial charge in [-0.1, -0.05) is 23.2 Å². The van der Waals surface area contributed by atoms with Crippen LogP contribution in [-0.2, 0) is 6.54 Å². The fraction of sp³-hybridized carbons (Fsp3) is 0.333. The molecule has 0 radical (unpaired) electrons. The summed E-state index contributed by atoms with van der Waals surface area (Å²) in [5, 5.41) is 10.9. The molecule has 1 heterocycles. The summed E-state index contributed by atoms with van der Waals surface area (Å²) in [4.78, 5) is 16.1. The highest BCUT2D eigenvalue weighted by Gasteiger charge is 2.11. The van der Waals surface area contributed by atoms with Crippen molar-refractivity contribution in [2.45, 2.75) is 26.5 Å². The topological polar surface area (TPSA) is 64.3 Å². The summed E-state index contributed by atoms with van der Waals surface area (Å²) < 4.78 is 6.80. The Balaban J connectivity index is 2.02. The van der Waals surface area contributed by atoms with Crippen molar-refractivity contribution in [1.82, 2.24) is 9.55 Å². The third kappa shape index (κ3) is 4.00. The van der Waals surface area contributed by atoms with E-state index in [0.29, 0.717) is 27.1 Å². The predicted molar refractivity (Wildman–Crippen MR) is 85.9 cm³/mol. The van der Waals surface area contributed by atoms with E-state index in [2.05, 4.69) is 4.98 Å². The van der Waals surface area contributed by atoms with Crippen molar-refractivity contribution in [3.8, 4) is 5.75 Å². The molecule has 0 fully saturated rings. The van der Waals surface area contributed by atoms with Gasteiger partial charge < -0.3 is 9.84 Å². The molecule has 2 rings (SSSR count). The van der Waals surface area contributed by atoms with Crippen LogP contribution >= 0.6 is 23.2 Å². The maximum absolute atomic E-state index is 12.0. The molecule has 0 bridgehead atoms. The lowest BCUT2D eigenvalue weighted by molar-refractivity contribution is 0.0913. The SMILES string of the molecule is Cc1ncn(C[C@@H](O)COc2cc(Cl)ccc2Cl)c(=O)c1C. The van der Waals surface area contributed by atoms with Gasteiger partial charge in [0, 0.05) is 22.3 Å². The van der Waals surface area contributed by atoms with Gasteiger partial charge in [0.05, 0.1) is 17.9 Å². The van der Waals surface area contributed by atoms with Gasteiger partial charge in [0.2, 0.25) is 0 Å². The van der Waals surface area contributed by atoms with E-state index in [0.717, 1.165) is 0 Å². The van der Waals surface area contributed by atoms with Crippen molar-refractivity contribution < 1.29 is 9.84 Å². The summed E-state index contributed by atoms with van der Waals surface area (Å²) >= 11 is 11.8. The first-order chi connectivity index (χ1) is 10.4. The molecule has 0 unspecified atom stereocenters. The van der Waals surface area contributed by atoms with Crippen LogP contribution in [0.4, 0.5) is 0 Å². The summed E-state index contributed by atoms with van der Waals surface area (Å²) in [6.45, 7) is 3.54. The van der Waals surface area contributed by atoms with Gasteiger partial charge in [0.15, 0.2) is 0 Å². The van der Waals surface area contributed by atoms with E-state index >= 15 is 0 Å². The van der Waals surface area contributed by atoms with E-state index in [1.165, 1.54) is 10.9 Å². The number of hydrogen-bond donors (Lipinski definition) is 1. The van der Waals surface area contributed by atoms with Crippen molar-refractivity contribution >= 4 is 23.2 Å². The highest BCUT2D eigenvalue weighted by atomic mass is 35.5. The Bertz CT molecular complexity index is 731. The number of benzene rings is 1. The summed E-state index contributed by atoms with van der Waals surface area (Å²) in [7, 11) is 0. The van der Waals surface area contributed by atoms with Gasteiger partial charge in [-0.25, -0.2) is 4.98 Å². The summed E-state index contributed by atoms with van der Waals surface area (Å²) in [6, 6.07) is 4.83. The molecule has 1 N–H and O–H groups in total. The molecule has 0 saturated carbocycles. The van der Waals surface area contributed by atoms with Gasteiger partial charge in [0.25, 0.3) is 5.56 Å². The fourth-order valence-electron chi connectivity index (χ4n) is 1.86. The molecule has 0 saturated heterocycles. The molecule has 0 aliphatic rings. The molecule has 2 aromatic rings. The van der Waals surface area contributed by atoms with Crippen molar-refractivity contribution in [3.63, 3.8) is 0 Å². The monoisotopic (exact) mass is 342 g/mol. The highest BCUT2D eigenvalue weighted by Crippen LogP contribution is 2.27. The van der Waals surface area contributed by atoms with Crippen molar-refractivity contribution in [2.75, 3.05) is 6.61 Å². The maximum atomic E-state index is 12.0. The van der Waals surface area contributed by atoms with E-state index in [-0.39, 0.29) is 18.7 Å². The number of aliphatic hydroxyl groups is 1. The predicted octanol–water partition coefficient (Wildman–Crippen LogP) is 2.61. The smallest absolute Gasteiger partial charge is 0.256 e. The Labute approximate surface area is 138 Å². The quantitative estimate of drug-likeness (QED) is 0.906. The number of ether oxygens (including phenoxy) is 1. The molecule has 22 heavy (non-hydrogen) atoms. The average Bonchev–Trinajstić information content (AvgIpc) is 2.49. The summed E-state index contributed by atoms with van der Waals surface area (Å²) in [5.41, 5.74) is 1.07. The average molecular weight is 343 g/mol. The molecule has 0 aliphatic carbocycles. The summed E-state index contributed by atoms with van der Waals surface area (Å²) in [5.74, 6) is 0.388. The number of rotatable bonds is 5. The first-order valence-corrected chi connectivity index (χ1v) is 7.42. The number of aryl methyl sites for hydroxylation is 1. The second-order valence-electron chi connectivity index (χ2n) is 4.95. The number of halogens is 2. The third-order valence-electron chi connectivity index (χ3n) is 3.25. The first-order valence-electron chi connectivity index (χ1n) is 6.67. The Morgan fingerprint density at radius 1 is 1.36 bits per heavy atom. The van der Waals surface area contributed by atoms with Gasteiger partial charge in [-0.3, -0.25) is 9.36 Å². The standard InChI is InChI=1S/C15H16Cl2N2O3/c1-9-10(2)18-8-19(15(9)21)6-12(20)7-22-14-5-11(16)3-4-13(14)17/h3-5,8,12,20H,6-7H2,1-2H3/t12-/m1/s1. The van der Waals surface area contributed by atoms with E-state index in [9.17, 15) is 9.90 Å². The molecule has 7 heteroatoms. The Morgan fingerprint density at radius 2 is 2.09 bits per heavy atom. The van der Waals surface area contributed by atoms with Crippen LogP contribution in [0.3, 0.4) is 0 Å². The van der Waals surface area contributed by atoms with Crippen LogP contribution in [0, 0.1) is 13.8 Å². The van der Waals surface area contributed by atoms with Crippen molar-refractivity contribution in [3.05, 3.63) is 56.2 Å². The van der Waals surface area contributed by atoms with Crippen LogP contribution in [0.15, 0.2) is 29.3 Å². The van der Waals surface area contributed by atoms with Crippen LogP contribution < -0.4 is 10.3 Å². The zero-order chi connectivity index (χ0) is 16.3. The number of aliphatic hydroxyl groups excluding tert-OH is 1. The van der Waals surface area contributed by atoms with Crippen LogP contribution in [-0.4, -0.2) is 27.4 Å². The second-order valence-corrected chi connectivity index (χ2v) is 5.80. The lowest BCUT2D eigenvalue weighted by Crippen LogP contribution is -2.31. The van der Waals surface area contributed by atoms with Crippen LogP contribution in [0.2, 0.25) is 10.0 Å². The van der Waals surface area contributed by atoms with Crippen LogP contribution in [0.1, 0.15) is 11.3 Å². The third-order valence-corrected chi connectivity index (χ3v) is 3.79. The molecule has 1 aromatic carbocycles. The number of aromatic nitrogens is 2. The molecule has 0 aliphatic heterocycles. The molecule has 0 amide bonds. The minimum absolute atomic E-state index is 0.0145. The zero-order valence-corrected chi connectivity index (χ0v) is 13.7. The van der Waals surface area contributed by atoms with Crippen molar-refractivity contribution in [1.29, 1.82) is 0 Å². The molecule has 1 atom stereocenters. The maximum Gasteiger partial charge on any atom is 0.256 e. The Hall–Kier alpha value is -1.56. The first kappa shape index (κ1) is 16.8. The van der Waals surface area contributed by atoms with Crippen molar-refractivity contribution in [2.24, 2.45) is 0 Å². The van der Waals surface area contributed by atoms with E-state index in [1.54, 1.807) is 32.0 Å². The number of hydrogen-bond acceptors (Lipinski definition) is 4. The van der Waals surface area contributed by atoms with Crippen LogP contribution in [0.5, 0.6) is 5.75 Å². The summed E-state index contributed by atoms with van der Waals surface area (Å²) in [6.07, 6.45) is 0.539. The minimum Gasteiger partial charge on any atom is -0.489 e. The minimum atomic E-state index is -0.878. The Morgan fingerprint density at radius 3 is 2.82 bits per heavy atom.